The average molecular weight is 182 g/mol. The molecule has 0 bridgehead atoms. The van der Waals surface area contributed by atoms with E-state index in [0.29, 0.717) is 6.42 Å². The van der Waals surface area contributed by atoms with Crippen LogP contribution in [0.15, 0.2) is 0 Å². The van der Waals surface area contributed by atoms with E-state index in [1.165, 1.54) is 7.11 Å². The highest BCUT2D eigenvalue weighted by Gasteiger charge is 2.20. The lowest BCUT2D eigenvalue weighted by molar-refractivity contribution is -0.141. The van der Waals surface area contributed by atoms with Crippen LogP contribution < -0.4 is 5.73 Å². The van der Waals surface area contributed by atoms with Crippen molar-refractivity contribution in [3.8, 4) is 0 Å². The van der Waals surface area contributed by atoms with E-state index >= 15 is 0 Å². The standard InChI is InChI=1S/C7H15NO2.ClH/c1-4-7(2,8)5-6(9)10-3;/h4-5,8H2,1-3H3;1H. The van der Waals surface area contributed by atoms with Gasteiger partial charge in [-0.05, 0) is 13.3 Å². The van der Waals surface area contributed by atoms with Crippen LogP contribution in [0.25, 0.3) is 0 Å². The van der Waals surface area contributed by atoms with Gasteiger partial charge in [0.25, 0.3) is 0 Å². The second-order valence-electron chi connectivity index (χ2n) is 2.76. The van der Waals surface area contributed by atoms with Gasteiger partial charge in [-0.25, -0.2) is 0 Å². The minimum Gasteiger partial charge on any atom is -0.469 e. The van der Waals surface area contributed by atoms with Crippen molar-refractivity contribution < 1.29 is 9.53 Å². The van der Waals surface area contributed by atoms with Gasteiger partial charge in [-0.2, -0.15) is 0 Å². The van der Waals surface area contributed by atoms with Crippen molar-refractivity contribution >= 4 is 18.4 Å². The molecule has 0 amide bonds. The van der Waals surface area contributed by atoms with Crippen molar-refractivity contribution in [2.45, 2.75) is 32.2 Å². The van der Waals surface area contributed by atoms with E-state index in [1.54, 1.807) is 0 Å². The Kier molecular flexibility index (Phi) is 6.52. The number of ether oxygens (including phenoxy) is 1. The number of carbonyl (C=O) groups excluding carboxylic acids is 1. The third-order valence-corrected chi connectivity index (χ3v) is 1.58. The van der Waals surface area contributed by atoms with E-state index in [-0.39, 0.29) is 18.4 Å². The Morgan fingerprint density at radius 1 is 1.64 bits per heavy atom. The van der Waals surface area contributed by atoms with E-state index < -0.39 is 5.54 Å². The lowest BCUT2D eigenvalue weighted by Crippen LogP contribution is -2.37. The Balaban J connectivity index is 0. The molecule has 0 aromatic rings. The maximum Gasteiger partial charge on any atom is 0.307 e. The number of esters is 1. The molecule has 0 heterocycles. The van der Waals surface area contributed by atoms with Gasteiger partial charge in [-0.15, -0.1) is 12.4 Å². The second-order valence-corrected chi connectivity index (χ2v) is 2.76. The summed E-state index contributed by atoms with van der Waals surface area (Å²) in [5, 5.41) is 0. The molecule has 0 spiro atoms. The first-order valence-corrected chi connectivity index (χ1v) is 3.37. The fourth-order valence-corrected chi connectivity index (χ4v) is 0.527. The number of nitrogens with two attached hydrogens (primary N) is 1. The fraction of sp³-hybridized carbons (Fsp3) is 0.857. The summed E-state index contributed by atoms with van der Waals surface area (Å²) in [7, 11) is 1.37. The largest absolute Gasteiger partial charge is 0.469 e. The summed E-state index contributed by atoms with van der Waals surface area (Å²) in [5.41, 5.74) is 5.28. The summed E-state index contributed by atoms with van der Waals surface area (Å²) in [4.78, 5) is 10.7. The molecule has 0 saturated heterocycles. The smallest absolute Gasteiger partial charge is 0.307 e. The molecular weight excluding hydrogens is 166 g/mol. The van der Waals surface area contributed by atoms with Crippen LogP contribution in [0.5, 0.6) is 0 Å². The van der Waals surface area contributed by atoms with Gasteiger partial charge < -0.3 is 10.5 Å². The van der Waals surface area contributed by atoms with E-state index in [4.69, 9.17) is 5.73 Å². The lowest BCUT2D eigenvalue weighted by Gasteiger charge is -2.20. The summed E-state index contributed by atoms with van der Waals surface area (Å²) in [5.74, 6) is -0.244. The van der Waals surface area contributed by atoms with Crippen molar-refractivity contribution in [1.29, 1.82) is 0 Å². The molecule has 0 fully saturated rings. The molecule has 0 saturated carbocycles. The van der Waals surface area contributed by atoms with Crippen molar-refractivity contribution in [1.82, 2.24) is 0 Å². The third-order valence-electron chi connectivity index (χ3n) is 1.58. The Morgan fingerprint density at radius 2 is 2.09 bits per heavy atom. The van der Waals surface area contributed by atoms with Crippen LogP contribution in [-0.2, 0) is 9.53 Å². The molecule has 3 nitrogen and oxygen atoms in total. The minimum absolute atomic E-state index is 0. The van der Waals surface area contributed by atoms with Crippen LogP contribution in [0.2, 0.25) is 0 Å². The molecular formula is C7H16ClNO2. The second kappa shape index (κ2) is 5.38. The van der Waals surface area contributed by atoms with Crippen LogP contribution in [0.4, 0.5) is 0 Å². The van der Waals surface area contributed by atoms with Gasteiger partial charge in [0.1, 0.15) is 0 Å². The fourth-order valence-electron chi connectivity index (χ4n) is 0.527. The summed E-state index contributed by atoms with van der Waals surface area (Å²) in [6.07, 6.45) is 1.07. The highest BCUT2D eigenvalue weighted by atomic mass is 35.5. The van der Waals surface area contributed by atoms with E-state index in [2.05, 4.69) is 4.74 Å². The predicted molar refractivity (Wildman–Crippen MR) is 46.8 cm³/mol. The van der Waals surface area contributed by atoms with Gasteiger partial charge in [0.05, 0.1) is 13.5 Å². The van der Waals surface area contributed by atoms with E-state index in [1.807, 2.05) is 13.8 Å². The van der Waals surface area contributed by atoms with Crippen molar-refractivity contribution in [2.24, 2.45) is 5.73 Å². The van der Waals surface area contributed by atoms with Crippen LogP contribution in [-0.4, -0.2) is 18.6 Å². The van der Waals surface area contributed by atoms with Crippen LogP contribution in [0, 0.1) is 0 Å². The number of hydrogen-bond acceptors (Lipinski definition) is 3. The number of hydrogen-bond donors (Lipinski definition) is 1. The normalized spacial score (nSPS) is 14.5. The van der Waals surface area contributed by atoms with Gasteiger partial charge in [-0.3, -0.25) is 4.79 Å². The number of halogens is 1. The van der Waals surface area contributed by atoms with Crippen LogP contribution >= 0.6 is 12.4 Å². The minimum atomic E-state index is -0.410. The number of rotatable bonds is 3. The molecule has 0 aliphatic carbocycles. The van der Waals surface area contributed by atoms with Gasteiger partial charge in [-0.1, -0.05) is 6.92 Å². The molecule has 11 heavy (non-hydrogen) atoms. The van der Waals surface area contributed by atoms with Gasteiger partial charge in [0, 0.05) is 5.54 Å². The van der Waals surface area contributed by atoms with Crippen LogP contribution in [0.1, 0.15) is 26.7 Å². The highest BCUT2D eigenvalue weighted by Crippen LogP contribution is 2.10. The zero-order valence-electron chi connectivity index (χ0n) is 7.22. The van der Waals surface area contributed by atoms with Crippen molar-refractivity contribution in [3.05, 3.63) is 0 Å². The lowest BCUT2D eigenvalue weighted by atomic mass is 9.96. The monoisotopic (exact) mass is 181 g/mol. The first-order valence-electron chi connectivity index (χ1n) is 3.37. The third kappa shape index (κ3) is 6.13. The average Bonchev–Trinajstić information content (AvgIpc) is 1.87. The molecule has 1 unspecified atom stereocenters. The van der Waals surface area contributed by atoms with Gasteiger partial charge in [0.2, 0.25) is 0 Å². The van der Waals surface area contributed by atoms with Crippen LogP contribution in [0.3, 0.4) is 0 Å². The molecule has 4 heteroatoms. The zero-order chi connectivity index (χ0) is 8.20. The predicted octanol–water partition coefficient (Wildman–Crippen LogP) is 1.10. The summed E-state index contributed by atoms with van der Waals surface area (Å²) >= 11 is 0. The first-order chi connectivity index (χ1) is 4.52. The number of methoxy groups -OCH3 is 1. The summed E-state index contributed by atoms with van der Waals surface area (Å²) in [6, 6.07) is 0. The molecule has 68 valence electrons. The highest BCUT2D eigenvalue weighted by molar-refractivity contribution is 5.85. The Bertz CT molecular complexity index is 126. The Hall–Kier alpha value is -0.280. The maximum atomic E-state index is 10.7. The summed E-state index contributed by atoms with van der Waals surface area (Å²) < 4.78 is 4.47. The quantitative estimate of drug-likeness (QED) is 0.664. The SMILES string of the molecule is CCC(C)(N)CC(=O)OC.Cl. The van der Waals surface area contributed by atoms with E-state index in [9.17, 15) is 4.79 Å². The molecule has 0 aromatic heterocycles. The molecule has 0 radical (unpaired) electrons. The number of carbonyl (C=O) groups is 1. The zero-order valence-corrected chi connectivity index (χ0v) is 8.03. The Morgan fingerprint density at radius 3 is 2.36 bits per heavy atom. The molecule has 2 N–H and O–H groups in total. The molecule has 0 aliphatic rings. The summed E-state index contributed by atoms with van der Waals surface area (Å²) in [6.45, 7) is 3.78. The topological polar surface area (TPSA) is 52.3 Å². The molecule has 0 rings (SSSR count). The van der Waals surface area contributed by atoms with Gasteiger partial charge >= 0.3 is 5.97 Å². The maximum absolute atomic E-state index is 10.7. The van der Waals surface area contributed by atoms with Crippen molar-refractivity contribution in [2.75, 3.05) is 7.11 Å². The first kappa shape index (κ1) is 13.3. The molecule has 0 aliphatic heterocycles. The van der Waals surface area contributed by atoms with Gasteiger partial charge in [0.15, 0.2) is 0 Å². The Labute approximate surface area is 73.7 Å². The van der Waals surface area contributed by atoms with Crippen molar-refractivity contribution in [3.63, 3.8) is 0 Å². The molecule has 0 aromatic carbocycles. The molecule has 1 atom stereocenters. The van der Waals surface area contributed by atoms with E-state index in [0.717, 1.165) is 6.42 Å².